The normalized spacial score (nSPS) is 12.3. The second-order valence-corrected chi connectivity index (χ2v) is 10.2. The molecule has 8 heteroatoms. The van der Waals surface area contributed by atoms with E-state index in [1.54, 1.807) is 18.2 Å². The van der Waals surface area contributed by atoms with E-state index >= 15 is 0 Å². The van der Waals surface area contributed by atoms with Gasteiger partial charge in [0.2, 0.25) is 0 Å². The molecule has 0 amide bonds. The molecule has 0 bridgehead atoms. The molecule has 0 spiro atoms. The predicted octanol–water partition coefficient (Wildman–Crippen LogP) is 5.02. The predicted molar refractivity (Wildman–Crippen MR) is 157 cm³/mol. The van der Waals surface area contributed by atoms with Crippen molar-refractivity contribution >= 4 is 28.1 Å². The number of carbonyl (C=O) groups is 1. The van der Waals surface area contributed by atoms with Gasteiger partial charge in [-0.05, 0) is 60.0 Å². The number of aromatic nitrogens is 4. The molecule has 0 saturated carbocycles. The number of rotatable bonds is 10. The first kappa shape index (κ1) is 25.6. The van der Waals surface area contributed by atoms with Crippen LogP contribution in [0.5, 0.6) is 5.75 Å². The molecule has 4 N–H and O–H groups in total. The Hall–Kier alpha value is -4.66. The average molecular weight is 533 g/mol. The van der Waals surface area contributed by atoms with E-state index in [9.17, 15) is 9.90 Å². The van der Waals surface area contributed by atoms with Crippen molar-refractivity contribution in [3.8, 4) is 5.75 Å². The van der Waals surface area contributed by atoms with Crippen LogP contribution >= 0.6 is 0 Å². The van der Waals surface area contributed by atoms with Crippen LogP contribution in [0.1, 0.15) is 44.3 Å². The number of carbonyl (C=O) groups excluding carboxylic acids is 1. The van der Waals surface area contributed by atoms with Gasteiger partial charge in [-0.3, -0.25) is 9.48 Å². The summed E-state index contributed by atoms with van der Waals surface area (Å²) in [7, 11) is 3.81. The van der Waals surface area contributed by atoms with Gasteiger partial charge in [0, 0.05) is 71.3 Å². The number of phenolic OH excluding ortho intramolecular Hbond substituents is 1. The van der Waals surface area contributed by atoms with Crippen LogP contribution in [-0.4, -0.2) is 37.8 Å². The van der Waals surface area contributed by atoms with Crippen LogP contribution < -0.4 is 10.6 Å². The lowest BCUT2D eigenvalue weighted by Crippen LogP contribution is -2.22. The largest absolute Gasteiger partial charge is 0.508 e. The van der Waals surface area contributed by atoms with Crippen molar-refractivity contribution in [1.82, 2.24) is 30.0 Å². The molecule has 0 aliphatic heterocycles. The van der Waals surface area contributed by atoms with Gasteiger partial charge >= 0.3 is 0 Å². The molecule has 0 fully saturated rings. The van der Waals surface area contributed by atoms with Crippen molar-refractivity contribution in [3.63, 3.8) is 0 Å². The first-order valence-electron chi connectivity index (χ1n) is 13.3. The summed E-state index contributed by atoms with van der Waals surface area (Å²) < 4.78 is 4.08. The molecule has 0 aliphatic rings. The lowest BCUT2D eigenvalue weighted by molar-refractivity contribution is 0.112. The smallest absolute Gasteiger partial charge is 0.150 e. The molecule has 202 valence electrons. The highest BCUT2D eigenvalue weighted by Crippen LogP contribution is 2.34. The third-order valence-corrected chi connectivity index (χ3v) is 7.49. The first-order chi connectivity index (χ1) is 19.5. The van der Waals surface area contributed by atoms with Gasteiger partial charge < -0.3 is 25.3 Å². The Morgan fingerprint density at radius 2 is 1.93 bits per heavy atom. The van der Waals surface area contributed by atoms with Crippen molar-refractivity contribution in [3.05, 3.63) is 119 Å². The highest BCUT2D eigenvalue weighted by atomic mass is 16.3. The fraction of sp³-hybridized carbons (Fsp3) is 0.188. The van der Waals surface area contributed by atoms with Gasteiger partial charge in [0.15, 0.2) is 0 Å². The maximum Gasteiger partial charge on any atom is 0.150 e. The Morgan fingerprint density at radius 3 is 2.73 bits per heavy atom. The SMILES string of the molecule is CNC(c1cc(O)ccc1C=O)c1c(CNCc2ccc3ccn(Cc4cnn(C)c4)c3c2)[nH]c2ccccc12. The summed E-state index contributed by atoms with van der Waals surface area (Å²) >= 11 is 0. The van der Waals surface area contributed by atoms with E-state index in [-0.39, 0.29) is 11.8 Å². The average Bonchev–Trinajstić information content (AvgIpc) is 3.67. The van der Waals surface area contributed by atoms with Crippen LogP contribution in [0.15, 0.2) is 85.3 Å². The summed E-state index contributed by atoms with van der Waals surface area (Å²) in [5.41, 5.74) is 7.94. The second kappa shape index (κ2) is 10.8. The van der Waals surface area contributed by atoms with Crippen molar-refractivity contribution in [1.29, 1.82) is 0 Å². The van der Waals surface area contributed by atoms with E-state index in [2.05, 4.69) is 67.9 Å². The summed E-state index contributed by atoms with van der Waals surface area (Å²) in [5.74, 6) is 0.129. The van der Waals surface area contributed by atoms with Crippen LogP contribution in [0.2, 0.25) is 0 Å². The lowest BCUT2D eigenvalue weighted by atomic mass is 9.92. The number of nitrogens with zero attached hydrogens (tertiary/aromatic N) is 3. The van der Waals surface area contributed by atoms with E-state index in [0.29, 0.717) is 18.7 Å². The van der Waals surface area contributed by atoms with Crippen LogP contribution in [0.3, 0.4) is 0 Å². The Bertz CT molecular complexity index is 1810. The number of aldehydes is 1. The minimum absolute atomic E-state index is 0.129. The third kappa shape index (κ3) is 4.90. The summed E-state index contributed by atoms with van der Waals surface area (Å²) in [4.78, 5) is 15.5. The van der Waals surface area contributed by atoms with E-state index in [0.717, 1.165) is 40.6 Å². The van der Waals surface area contributed by atoms with E-state index in [4.69, 9.17) is 0 Å². The number of phenols is 1. The van der Waals surface area contributed by atoms with Crippen LogP contribution in [-0.2, 0) is 26.7 Å². The topological polar surface area (TPSA) is 99.9 Å². The van der Waals surface area contributed by atoms with Gasteiger partial charge in [-0.15, -0.1) is 0 Å². The number of para-hydroxylation sites is 1. The van der Waals surface area contributed by atoms with Gasteiger partial charge in [-0.25, -0.2) is 0 Å². The number of aromatic amines is 1. The number of H-pyrrole nitrogens is 1. The quantitative estimate of drug-likeness (QED) is 0.186. The molecule has 1 atom stereocenters. The zero-order valence-corrected chi connectivity index (χ0v) is 22.6. The standard InChI is InChI=1S/C32H32N6O2/c1-33-32(27-14-25(40)10-9-24(27)20-39)31-26-5-3-4-6-28(26)36-29(31)17-34-15-21-7-8-23-11-12-38(30(23)13-21)19-22-16-35-37(2)18-22/h3-14,16,18,20,32-34,36,40H,15,17,19H2,1-2H3. The zero-order chi connectivity index (χ0) is 27.6. The molecule has 3 aromatic carbocycles. The van der Waals surface area contributed by atoms with Crippen LogP contribution in [0.25, 0.3) is 21.8 Å². The van der Waals surface area contributed by atoms with Gasteiger partial charge in [0.05, 0.1) is 18.8 Å². The van der Waals surface area contributed by atoms with Crippen molar-refractivity contribution in [2.24, 2.45) is 7.05 Å². The van der Waals surface area contributed by atoms with Crippen molar-refractivity contribution in [2.75, 3.05) is 7.05 Å². The molecule has 6 aromatic rings. The molecule has 1 unspecified atom stereocenters. The number of nitrogens with one attached hydrogen (secondary N) is 3. The fourth-order valence-electron chi connectivity index (χ4n) is 5.62. The number of hydrogen-bond acceptors (Lipinski definition) is 5. The number of fused-ring (bicyclic) bond motifs is 2. The second-order valence-electron chi connectivity index (χ2n) is 10.2. The lowest BCUT2D eigenvalue weighted by Gasteiger charge is -2.21. The maximum absolute atomic E-state index is 11.9. The minimum Gasteiger partial charge on any atom is -0.508 e. The van der Waals surface area contributed by atoms with Gasteiger partial charge in [0.1, 0.15) is 12.0 Å². The van der Waals surface area contributed by atoms with Gasteiger partial charge in [-0.1, -0.05) is 30.3 Å². The minimum atomic E-state index is -0.285. The monoisotopic (exact) mass is 532 g/mol. The number of aromatic hydroxyl groups is 1. The maximum atomic E-state index is 11.9. The molecule has 0 aliphatic carbocycles. The fourth-order valence-corrected chi connectivity index (χ4v) is 5.62. The summed E-state index contributed by atoms with van der Waals surface area (Å²) in [6.45, 7) is 2.07. The third-order valence-electron chi connectivity index (χ3n) is 7.49. The van der Waals surface area contributed by atoms with Gasteiger partial charge in [0.25, 0.3) is 0 Å². The van der Waals surface area contributed by atoms with Crippen molar-refractivity contribution < 1.29 is 9.90 Å². The first-order valence-corrected chi connectivity index (χ1v) is 13.3. The Labute approximate surface area is 232 Å². The Balaban J connectivity index is 1.27. The molecule has 3 aromatic heterocycles. The zero-order valence-electron chi connectivity index (χ0n) is 22.6. The van der Waals surface area contributed by atoms with Crippen molar-refractivity contribution in [2.45, 2.75) is 25.7 Å². The molecule has 40 heavy (non-hydrogen) atoms. The van der Waals surface area contributed by atoms with E-state index in [1.165, 1.54) is 22.0 Å². The Kier molecular flexibility index (Phi) is 6.94. The molecule has 6 rings (SSSR count). The highest BCUT2D eigenvalue weighted by Gasteiger charge is 2.23. The molecular weight excluding hydrogens is 500 g/mol. The summed E-state index contributed by atoms with van der Waals surface area (Å²) in [6.07, 6.45) is 6.91. The summed E-state index contributed by atoms with van der Waals surface area (Å²) in [5, 5.41) is 23.8. The molecule has 0 saturated heterocycles. The molecule has 0 radical (unpaired) electrons. The number of hydrogen-bond donors (Lipinski definition) is 4. The van der Waals surface area contributed by atoms with Crippen LogP contribution in [0, 0.1) is 0 Å². The summed E-state index contributed by atoms with van der Waals surface area (Å²) in [6, 6.07) is 21.5. The highest BCUT2D eigenvalue weighted by molar-refractivity contribution is 5.87. The van der Waals surface area contributed by atoms with Gasteiger partial charge in [-0.2, -0.15) is 5.10 Å². The Morgan fingerprint density at radius 1 is 1.05 bits per heavy atom. The number of benzene rings is 3. The van der Waals surface area contributed by atoms with Crippen LogP contribution in [0.4, 0.5) is 0 Å². The van der Waals surface area contributed by atoms with E-state index in [1.807, 2.05) is 43.3 Å². The molecule has 8 nitrogen and oxygen atoms in total. The molecular formula is C32H32N6O2. The number of aryl methyl sites for hydroxylation is 1. The van der Waals surface area contributed by atoms with E-state index < -0.39 is 0 Å². The molecule has 3 heterocycles.